The molecule has 9 heavy (non-hydrogen) atoms. The van der Waals surface area contributed by atoms with Crippen molar-refractivity contribution in [2.75, 3.05) is 20.6 Å². The van der Waals surface area contributed by atoms with Gasteiger partial charge >= 0.3 is 51.4 Å². The molecule has 0 N–H and O–H groups in total. The number of hydrogen-bond donors (Lipinski definition) is 0. The Hall–Kier alpha value is 1.27. The molecule has 0 heterocycles. The molecule has 0 bridgehead atoms. The van der Waals surface area contributed by atoms with E-state index in [2.05, 4.69) is 4.90 Å². The summed E-state index contributed by atoms with van der Waals surface area (Å²) in [7, 11) is 4.01. The Labute approximate surface area is 101 Å². The van der Waals surface area contributed by atoms with E-state index in [0.29, 0.717) is 6.42 Å². The van der Waals surface area contributed by atoms with Crippen LogP contribution in [0, 0.1) is 0 Å². The molecule has 0 radical (unpaired) electrons. The first-order valence-corrected chi connectivity index (χ1v) is 2.85. The number of nitrogens with zero attached hydrogens (tertiary/aromatic N) is 1. The topological polar surface area (TPSA) is 20.3 Å². The van der Waals surface area contributed by atoms with Gasteiger partial charge in [0.15, 0.2) is 0 Å². The van der Waals surface area contributed by atoms with E-state index in [4.69, 9.17) is 0 Å². The van der Waals surface area contributed by atoms with E-state index in [1.54, 1.807) is 0 Å². The maximum absolute atomic E-state index is 9.77. The summed E-state index contributed by atoms with van der Waals surface area (Å²) in [6, 6.07) is 0. The van der Waals surface area contributed by atoms with E-state index in [1.807, 2.05) is 14.1 Å². The zero-order valence-corrected chi connectivity index (χ0v) is 9.68. The average Bonchev–Trinajstić information content (AvgIpc) is 1.66. The minimum Gasteiger partial charge on any atom is -1.00 e. The van der Waals surface area contributed by atoms with Gasteiger partial charge in [0.25, 0.3) is 0 Å². The molecule has 0 rings (SSSR count). The first kappa shape index (κ1) is 12.9. The second-order valence-corrected chi connectivity index (χ2v) is 2.11. The maximum atomic E-state index is 9.77. The number of aldehydes is 1. The fraction of sp³-hybridized carbons (Fsp3) is 0.833. The number of unbranched alkanes of at least 4 members (excludes halogenated alkanes) is 1. The largest absolute Gasteiger partial charge is 1.00 e. The molecule has 0 aliphatic carbocycles. The zero-order valence-electron chi connectivity index (χ0n) is 7.55. The number of rotatable bonds is 4. The summed E-state index contributed by atoms with van der Waals surface area (Å²) < 4.78 is 0. The van der Waals surface area contributed by atoms with Crippen molar-refractivity contribution in [3.63, 3.8) is 0 Å². The van der Waals surface area contributed by atoms with Crippen molar-refractivity contribution < 1.29 is 57.6 Å². The van der Waals surface area contributed by atoms with Crippen LogP contribution in [0.15, 0.2) is 0 Å². The van der Waals surface area contributed by atoms with Crippen molar-refractivity contribution in [1.82, 2.24) is 4.90 Å². The first-order chi connectivity index (χ1) is 3.77. The van der Waals surface area contributed by atoms with Gasteiger partial charge in [0, 0.05) is 6.42 Å². The second-order valence-electron chi connectivity index (χ2n) is 2.11. The van der Waals surface area contributed by atoms with Gasteiger partial charge in [-0.2, -0.15) is 0 Å². The molecule has 0 spiro atoms. The first-order valence-electron chi connectivity index (χ1n) is 2.85. The molecule has 3 heteroatoms. The second kappa shape index (κ2) is 9.27. The number of carbonyl (C=O) groups is 1. The van der Waals surface area contributed by atoms with Crippen LogP contribution in [0.3, 0.4) is 0 Å². The van der Waals surface area contributed by atoms with Crippen LogP contribution in [-0.4, -0.2) is 31.8 Å². The van der Waals surface area contributed by atoms with Crippen LogP contribution in [0.2, 0.25) is 0 Å². The van der Waals surface area contributed by atoms with E-state index in [1.165, 1.54) is 0 Å². The van der Waals surface area contributed by atoms with Crippen molar-refractivity contribution in [2.24, 2.45) is 0 Å². The minimum atomic E-state index is 0. The van der Waals surface area contributed by atoms with Crippen molar-refractivity contribution >= 4 is 6.29 Å². The van der Waals surface area contributed by atoms with Gasteiger partial charge in [-0.1, -0.05) is 0 Å². The van der Waals surface area contributed by atoms with E-state index in [-0.39, 0.29) is 52.8 Å². The van der Waals surface area contributed by atoms with Crippen LogP contribution in [0.25, 0.3) is 0 Å². The molecule has 0 saturated carbocycles. The van der Waals surface area contributed by atoms with Crippen LogP contribution in [-0.2, 0) is 4.79 Å². The Morgan fingerprint density at radius 3 is 2.44 bits per heavy atom. The third-order valence-electron chi connectivity index (χ3n) is 0.927. The molecule has 0 saturated heterocycles. The van der Waals surface area contributed by atoms with Gasteiger partial charge < -0.3 is 11.1 Å². The van der Waals surface area contributed by atoms with Crippen molar-refractivity contribution in [3.8, 4) is 0 Å². The molecule has 50 valence electrons. The van der Waals surface area contributed by atoms with Gasteiger partial charge in [-0.15, -0.1) is 0 Å². The molecule has 0 atom stereocenters. The Bertz CT molecular complexity index is 70.8. The molecule has 0 aromatic heterocycles. The summed E-state index contributed by atoms with van der Waals surface area (Å²) in [6.07, 6.45) is 2.64. The fourth-order valence-corrected chi connectivity index (χ4v) is 0.491. The van der Waals surface area contributed by atoms with Crippen LogP contribution in [0.5, 0.6) is 0 Å². The molecule has 0 aromatic carbocycles. The van der Waals surface area contributed by atoms with E-state index < -0.39 is 0 Å². The third-order valence-corrected chi connectivity index (χ3v) is 0.927. The van der Waals surface area contributed by atoms with Crippen LogP contribution < -0.4 is 51.4 Å². The van der Waals surface area contributed by atoms with Gasteiger partial charge in [-0.3, -0.25) is 0 Å². The quantitative estimate of drug-likeness (QED) is 0.257. The summed E-state index contributed by atoms with van der Waals surface area (Å²) in [4.78, 5) is 11.8. The summed E-state index contributed by atoms with van der Waals surface area (Å²) >= 11 is 0. The third kappa shape index (κ3) is 12.5. The van der Waals surface area contributed by atoms with E-state index in [0.717, 1.165) is 19.3 Å². The van der Waals surface area contributed by atoms with Crippen molar-refractivity contribution in [1.29, 1.82) is 0 Å². The molecule has 0 aromatic rings. The molecular formula is C6H14KNO. The van der Waals surface area contributed by atoms with Gasteiger partial charge in [0.05, 0.1) is 0 Å². The standard InChI is InChI=1S/C6H13NO.K.H/c1-7(2)5-3-4-6-8;;/h6H,3-5H2,1-2H3;;/q;+1;-1. The Morgan fingerprint density at radius 1 is 1.56 bits per heavy atom. The molecule has 0 aliphatic rings. The summed E-state index contributed by atoms with van der Waals surface area (Å²) in [5.41, 5.74) is 0. The molecule has 0 aliphatic heterocycles. The number of hydrogen-bond acceptors (Lipinski definition) is 2. The monoisotopic (exact) mass is 155 g/mol. The summed E-state index contributed by atoms with van der Waals surface area (Å²) in [5, 5.41) is 0. The summed E-state index contributed by atoms with van der Waals surface area (Å²) in [5.74, 6) is 0. The van der Waals surface area contributed by atoms with Crippen molar-refractivity contribution in [2.45, 2.75) is 12.8 Å². The van der Waals surface area contributed by atoms with Crippen LogP contribution >= 0.6 is 0 Å². The molecule has 0 unspecified atom stereocenters. The molecule has 0 amide bonds. The normalized spacial score (nSPS) is 8.78. The predicted molar refractivity (Wildman–Crippen MR) is 35.0 cm³/mol. The zero-order chi connectivity index (χ0) is 6.41. The predicted octanol–water partition coefficient (Wildman–Crippen LogP) is -2.36. The smallest absolute Gasteiger partial charge is 1.00 e. The van der Waals surface area contributed by atoms with Crippen LogP contribution in [0.1, 0.15) is 14.3 Å². The van der Waals surface area contributed by atoms with Gasteiger partial charge in [0.2, 0.25) is 0 Å². The molecule has 2 nitrogen and oxygen atoms in total. The number of carbonyl (C=O) groups excluding carboxylic acids is 1. The Balaban J connectivity index is -0.000000245. The van der Waals surface area contributed by atoms with E-state index >= 15 is 0 Å². The van der Waals surface area contributed by atoms with Gasteiger partial charge in [-0.05, 0) is 27.1 Å². The fourth-order valence-electron chi connectivity index (χ4n) is 0.491. The van der Waals surface area contributed by atoms with Gasteiger partial charge in [-0.25, -0.2) is 0 Å². The van der Waals surface area contributed by atoms with E-state index in [9.17, 15) is 4.79 Å². The SMILES string of the molecule is CN(C)CCCC=O.[H-].[K+]. The molecule has 0 fully saturated rings. The Morgan fingerprint density at radius 2 is 2.11 bits per heavy atom. The van der Waals surface area contributed by atoms with Crippen molar-refractivity contribution in [3.05, 3.63) is 0 Å². The van der Waals surface area contributed by atoms with Crippen LogP contribution in [0.4, 0.5) is 0 Å². The van der Waals surface area contributed by atoms with Gasteiger partial charge in [0.1, 0.15) is 6.29 Å². The minimum absolute atomic E-state index is 0. The Kier molecular flexibility index (Phi) is 13.3. The average molecular weight is 155 g/mol. The molecular weight excluding hydrogens is 141 g/mol. The summed E-state index contributed by atoms with van der Waals surface area (Å²) in [6.45, 7) is 1.01. The maximum Gasteiger partial charge on any atom is 1.00 e.